The molecular formula is C13H18N2O. The molecule has 0 radical (unpaired) electrons. The van der Waals surface area contributed by atoms with Gasteiger partial charge in [0.1, 0.15) is 0 Å². The first-order valence-corrected chi connectivity index (χ1v) is 5.73. The van der Waals surface area contributed by atoms with Crippen LogP contribution in [0, 0.1) is 0 Å². The number of hydrogen-bond donors (Lipinski definition) is 1. The number of benzene rings is 1. The van der Waals surface area contributed by atoms with E-state index in [0.717, 1.165) is 25.1 Å². The third-order valence-electron chi connectivity index (χ3n) is 3.12. The van der Waals surface area contributed by atoms with Crippen LogP contribution >= 0.6 is 0 Å². The molecule has 1 aliphatic heterocycles. The lowest BCUT2D eigenvalue weighted by Gasteiger charge is -2.14. The van der Waals surface area contributed by atoms with E-state index in [1.807, 2.05) is 12.1 Å². The van der Waals surface area contributed by atoms with E-state index < -0.39 is 0 Å². The lowest BCUT2D eigenvalue weighted by atomic mass is 10.0. The molecule has 16 heavy (non-hydrogen) atoms. The smallest absolute Gasteiger partial charge is 0.251 e. The van der Waals surface area contributed by atoms with E-state index in [1.54, 1.807) is 7.05 Å². The summed E-state index contributed by atoms with van der Waals surface area (Å²) in [5, 5.41) is 2.66. The number of rotatable bonds is 1. The highest BCUT2D eigenvalue weighted by molar-refractivity contribution is 5.94. The fourth-order valence-electron chi connectivity index (χ4n) is 2.21. The van der Waals surface area contributed by atoms with E-state index in [0.29, 0.717) is 0 Å². The molecule has 1 aliphatic rings. The highest BCUT2D eigenvalue weighted by Crippen LogP contribution is 2.19. The molecule has 2 rings (SSSR count). The molecule has 1 aromatic rings. The van der Waals surface area contributed by atoms with Crippen LogP contribution in [-0.4, -0.2) is 31.4 Å². The first-order chi connectivity index (χ1) is 7.70. The van der Waals surface area contributed by atoms with Gasteiger partial charge in [-0.15, -0.1) is 0 Å². The van der Waals surface area contributed by atoms with Gasteiger partial charge in [-0.05, 0) is 49.7 Å². The Hall–Kier alpha value is -1.35. The van der Waals surface area contributed by atoms with E-state index in [4.69, 9.17) is 0 Å². The van der Waals surface area contributed by atoms with E-state index in [1.165, 1.54) is 17.5 Å². The quantitative estimate of drug-likeness (QED) is 0.773. The summed E-state index contributed by atoms with van der Waals surface area (Å²) in [6.45, 7) is 2.07. The van der Waals surface area contributed by atoms with Crippen LogP contribution in [0.1, 0.15) is 27.9 Å². The molecule has 1 aromatic carbocycles. The van der Waals surface area contributed by atoms with Crippen LogP contribution in [0.15, 0.2) is 18.2 Å². The Morgan fingerprint density at radius 3 is 2.94 bits per heavy atom. The normalized spacial score (nSPS) is 16.4. The number of carbonyl (C=O) groups excluding carboxylic acids is 1. The van der Waals surface area contributed by atoms with Gasteiger partial charge in [-0.3, -0.25) is 4.79 Å². The molecule has 0 fully saturated rings. The number of aryl methyl sites for hydroxylation is 1. The van der Waals surface area contributed by atoms with Crippen molar-refractivity contribution in [3.63, 3.8) is 0 Å². The highest BCUT2D eigenvalue weighted by atomic mass is 16.1. The summed E-state index contributed by atoms with van der Waals surface area (Å²) in [6, 6.07) is 6.04. The topological polar surface area (TPSA) is 32.3 Å². The number of nitrogens with zero attached hydrogens (tertiary/aromatic N) is 1. The van der Waals surface area contributed by atoms with Gasteiger partial charge in [-0.25, -0.2) is 0 Å². The molecule has 86 valence electrons. The highest BCUT2D eigenvalue weighted by Gasteiger charge is 2.13. The van der Waals surface area contributed by atoms with Gasteiger partial charge < -0.3 is 10.2 Å². The predicted octanol–water partition coefficient (Wildman–Crippen LogP) is 1.42. The maximum Gasteiger partial charge on any atom is 0.251 e. The molecule has 0 aliphatic carbocycles. The Kier molecular flexibility index (Phi) is 3.25. The summed E-state index contributed by atoms with van der Waals surface area (Å²) in [7, 11) is 3.79. The maximum atomic E-state index is 11.5. The van der Waals surface area contributed by atoms with Gasteiger partial charge in [0.25, 0.3) is 5.91 Å². The molecule has 1 heterocycles. The average Bonchev–Trinajstić information content (AvgIpc) is 2.47. The van der Waals surface area contributed by atoms with Crippen molar-refractivity contribution in [2.75, 3.05) is 20.6 Å². The Morgan fingerprint density at radius 1 is 1.38 bits per heavy atom. The van der Waals surface area contributed by atoms with Gasteiger partial charge in [0.15, 0.2) is 0 Å². The summed E-state index contributed by atoms with van der Waals surface area (Å²) in [4.78, 5) is 13.8. The molecule has 0 saturated carbocycles. The van der Waals surface area contributed by atoms with Crippen molar-refractivity contribution in [3.8, 4) is 0 Å². The minimum absolute atomic E-state index is 0.00491. The minimum atomic E-state index is -0.00491. The van der Waals surface area contributed by atoms with Crippen LogP contribution in [-0.2, 0) is 13.0 Å². The lowest BCUT2D eigenvalue weighted by Crippen LogP contribution is -2.19. The Morgan fingerprint density at radius 2 is 2.19 bits per heavy atom. The van der Waals surface area contributed by atoms with Gasteiger partial charge in [-0.2, -0.15) is 0 Å². The third kappa shape index (κ3) is 2.25. The Balaban J connectivity index is 2.33. The van der Waals surface area contributed by atoms with Crippen molar-refractivity contribution < 1.29 is 4.79 Å². The van der Waals surface area contributed by atoms with Gasteiger partial charge >= 0.3 is 0 Å². The van der Waals surface area contributed by atoms with Crippen molar-refractivity contribution in [2.24, 2.45) is 0 Å². The summed E-state index contributed by atoms with van der Waals surface area (Å²) >= 11 is 0. The number of carbonyl (C=O) groups is 1. The standard InChI is InChI=1S/C13H18N2O/c1-14-13(16)11-6-5-10-4-3-7-15(2)9-12(10)8-11/h5-6,8H,3-4,7,9H2,1-2H3,(H,14,16). The molecule has 0 saturated heterocycles. The minimum Gasteiger partial charge on any atom is -0.355 e. The van der Waals surface area contributed by atoms with Crippen LogP contribution in [0.5, 0.6) is 0 Å². The first-order valence-electron chi connectivity index (χ1n) is 5.73. The summed E-state index contributed by atoms with van der Waals surface area (Å²) in [5.41, 5.74) is 3.44. The second kappa shape index (κ2) is 4.66. The summed E-state index contributed by atoms with van der Waals surface area (Å²) in [5.74, 6) is -0.00491. The van der Waals surface area contributed by atoms with Gasteiger partial charge in [0.05, 0.1) is 0 Å². The number of fused-ring (bicyclic) bond motifs is 1. The number of hydrogen-bond acceptors (Lipinski definition) is 2. The molecule has 0 atom stereocenters. The largest absolute Gasteiger partial charge is 0.355 e. The Bertz CT molecular complexity index is 401. The van der Waals surface area contributed by atoms with E-state index in [2.05, 4.69) is 23.3 Å². The lowest BCUT2D eigenvalue weighted by molar-refractivity contribution is 0.0963. The second-order valence-corrected chi connectivity index (χ2v) is 4.40. The zero-order chi connectivity index (χ0) is 11.5. The summed E-state index contributed by atoms with van der Waals surface area (Å²) < 4.78 is 0. The molecule has 1 N–H and O–H groups in total. The van der Waals surface area contributed by atoms with Crippen molar-refractivity contribution in [3.05, 3.63) is 34.9 Å². The average molecular weight is 218 g/mol. The molecule has 0 unspecified atom stereocenters. The molecule has 3 nitrogen and oxygen atoms in total. The predicted molar refractivity (Wildman–Crippen MR) is 64.5 cm³/mol. The van der Waals surface area contributed by atoms with Crippen molar-refractivity contribution >= 4 is 5.91 Å². The van der Waals surface area contributed by atoms with Crippen LogP contribution in [0.3, 0.4) is 0 Å². The monoisotopic (exact) mass is 218 g/mol. The van der Waals surface area contributed by atoms with E-state index >= 15 is 0 Å². The van der Waals surface area contributed by atoms with Crippen molar-refractivity contribution in [2.45, 2.75) is 19.4 Å². The fraction of sp³-hybridized carbons (Fsp3) is 0.462. The zero-order valence-corrected chi connectivity index (χ0v) is 9.92. The first kappa shape index (κ1) is 11.1. The van der Waals surface area contributed by atoms with Crippen LogP contribution in [0.25, 0.3) is 0 Å². The van der Waals surface area contributed by atoms with Crippen molar-refractivity contribution in [1.29, 1.82) is 0 Å². The maximum absolute atomic E-state index is 11.5. The molecule has 0 spiro atoms. The van der Waals surface area contributed by atoms with E-state index in [-0.39, 0.29) is 5.91 Å². The molecule has 3 heteroatoms. The molecule has 1 amide bonds. The Labute approximate surface area is 96.5 Å². The third-order valence-corrected chi connectivity index (χ3v) is 3.12. The molecule has 0 aromatic heterocycles. The van der Waals surface area contributed by atoms with Crippen LogP contribution in [0.2, 0.25) is 0 Å². The number of nitrogens with one attached hydrogen (secondary N) is 1. The second-order valence-electron chi connectivity index (χ2n) is 4.40. The SMILES string of the molecule is CNC(=O)c1ccc2c(c1)CN(C)CCC2. The van der Waals surface area contributed by atoms with Crippen molar-refractivity contribution in [1.82, 2.24) is 10.2 Å². The van der Waals surface area contributed by atoms with Crippen LogP contribution < -0.4 is 5.32 Å². The number of amides is 1. The molecular weight excluding hydrogens is 200 g/mol. The van der Waals surface area contributed by atoms with Gasteiger partial charge in [0, 0.05) is 19.2 Å². The van der Waals surface area contributed by atoms with Gasteiger partial charge in [0.2, 0.25) is 0 Å². The van der Waals surface area contributed by atoms with Gasteiger partial charge in [-0.1, -0.05) is 6.07 Å². The molecule has 0 bridgehead atoms. The zero-order valence-electron chi connectivity index (χ0n) is 9.92. The van der Waals surface area contributed by atoms with E-state index in [9.17, 15) is 4.79 Å². The van der Waals surface area contributed by atoms with Crippen LogP contribution in [0.4, 0.5) is 0 Å². The fourth-order valence-corrected chi connectivity index (χ4v) is 2.21. The summed E-state index contributed by atoms with van der Waals surface area (Å²) in [6.07, 6.45) is 2.32.